The van der Waals surface area contributed by atoms with E-state index in [0.29, 0.717) is 24.0 Å². The Labute approximate surface area is 388 Å². The molecule has 0 saturated heterocycles. The van der Waals surface area contributed by atoms with Crippen LogP contribution in [0.4, 0.5) is 0 Å². The molecule has 356 valence electrons. The molecule has 19 nitrogen and oxygen atoms in total. The minimum absolute atomic E-state index is 0.0201. The molecular formula is C48H62N12O7. The van der Waals surface area contributed by atoms with Gasteiger partial charge in [-0.2, -0.15) is 0 Å². The van der Waals surface area contributed by atoms with E-state index >= 15 is 0 Å². The number of H-pyrrole nitrogens is 2. The van der Waals surface area contributed by atoms with Gasteiger partial charge < -0.3 is 59.1 Å². The third-order valence-electron chi connectivity index (χ3n) is 11.3. The fourth-order valence-corrected chi connectivity index (χ4v) is 7.72. The molecule has 67 heavy (non-hydrogen) atoms. The number of aromatic amines is 2. The number of primary amides is 1. The van der Waals surface area contributed by atoms with Crippen molar-refractivity contribution in [2.45, 2.75) is 108 Å². The van der Waals surface area contributed by atoms with Gasteiger partial charge in [0.2, 0.25) is 41.4 Å². The number of amides is 7. The zero-order chi connectivity index (χ0) is 48.5. The van der Waals surface area contributed by atoms with E-state index in [1.807, 2.05) is 55.5 Å². The highest BCUT2D eigenvalue weighted by molar-refractivity contribution is 5.98. The summed E-state index contributed by atoms with van der Waals surface area (Å²) in [4.78, 5) is 105. The maximum Gasteiger partial charge on any atom is 0.243 e. The minimum Gasteiger partial charge on any atom is -0.370 e. The maximum atomic E-state index is 14.6. The molecule has 0 unspecified atom stereocenters. The highest BCUT2D eigenvalue weighted by Crippen LogP contribution is 2.21. The molecule has 0 saturated carbocycles. The number of aliphatic imine (C=N–C) groups is 1. The van der Waals surface area contributed by atoms with E-state index in [1.165, 1.54) is 13.8 Å². The number of nitrogens with zero attached hydrogens (tertiary/aromatic N) is 1. The molecule has 19 heteroatoms. The van der Waals surface area contributed by atoms with Crippen molar-refractivity contribution >= 4 is 69.1 Å². The number of para-hydroxylation sites is 2. The van der Waals surface area contributed by atoms with Gasteiger partial charge in [0.1, 0.15) is 36.3 Å². The van der Waals surface area contributed by atoms with Crippen LogP contribution in [-0.4, -0.2) is 100 Å². The number of nitrogens with one attached hydrogen (secondary N) is 8. The van der Waals surface area contributed by atoms with Crippen LogP contribution in [0.3, 0.4) is 0 Å². The Hall–Kier alpha value is -7.70. The van der Waals surface area contributed by atoms with E-state index < -0.39 is 77.6 Å². The summed E-state index contributed by atoms with van der Waals surface area (Å²) in [6.07, 6.45) is 5.56. The Kier molecular flexibility index (Phi) is 18.4. The van der Waals surface area contributed by atoms with Gasteiger partial charge in [-0.25, -0.2) is 0 Å². The van der Waals surface area contributed by atoms with Gasteiger partial charge >= 0.3 is 0 Å². The summed E-state index contributed by atoms with van der Waals surface area (Å²) in [6, 6.07) is 16.8. The average molecular weight is 919 g/mol. The summed E-state index contributed by atoms with van der Waals surface area (Å²) in [5, 5.41) is 18.1. The van der Waals surface area contributed by atoms with Crippen LogP contribution in [0.25, 0.3) is 21.8 Å². The number of carbonyl (C=O) groups is 7. The van der Waals surface area contributed by atoms with Crippen LogP contribution < -0.4 is 49.1 Å². The van der Waals surface area contributed by atoms with Crippen molar-refractivity contribution in [1.82, 2.24) is 41.9 Å². The van der Waals surface area contributed by atoms with E-state index in [9.17, 15) is 33.6 Å². The second-order valence-corrected chi connectivity index (χ2v) is 16.5. The third kappa shape index (κ3) is 14.9. The Bertz CT molecular complexity index is 2530. The van der Waals surface area contributed by atoms with Gasteiger partial charge in [0, 0.05) is 66.9 Å². The van der Waals surface area contributed by atoms with Crippen molar-refractivity contribution in [2.24, 2.45) is 22.2 Å². The predicted octanol–water partition coefficient (Wildman–Crippen LogP) is 1.35. The molecule has 5 rings (SSSR count). The maximum absolute atomic E-state index is 14.6. The first-order valence-electron chi connectivity index (χ1n) is 22.4. The van der Waals surface area contributed by atoms with Gasteiger partial charge in [0.05, 0.1) is 0 Å². The van der Waals surface area contributed by atoms with E-state index in [2.05, 4.69) is 46.9 Å². The molecule has 3 aromatic carbocycles. The zero-order valence-electron chi connectivity index (χ0n) is 38.0. The molecule has 0 radical (unpaired) electrons. The Balaban J connectivity index is 1.40. The summed E-state index contributed by atoms with van der Waals surface area (Å²) >= 11 is 0. The molecule has 6 atom stereocenters. The Morgan fingerprint density at radius 1 is 0.552 bits per heavy atom. The lowest BCUT2D eigenvalue weighted by Gasteiger charge is -2.27. The van der Waals surface area contributed by atoms with Gasteiger partial charge in [0.25, 0.3) is 0 Å². The minimum atomic E-state index is -1.29. The molecule has 5 aromatic rings. The molecule has 0 aliphatic rings. The molecule has 14 N–H and O–H groups in total. The van der Waals surface area contributed by atoms with Crippen molar-refractivity contribution in [3.05, 3.63) is 108 Å². The number of rotatable bonds is 25. The number of aromatic nitrogens is 2. The first kappa shape index (κ1) is 50.3. The topological polar surface area (TPSA) is 314 Å². The second-order valence-electron chi connectivity index (χ2n) is 16.5. The smallest absolute Gasteiger partial charge is 0.243 e. The van der Waals surface area contributed by atoms with Crippen molar-refractivity contribution in [2.75, 3.05) is 6.54 Å². The van der Waals surface area contributed by atoms with Gasteiger partial charge in [0.15, 0.2) is 5.96 Å². The molecule has 0 bridgehead atoms. The van der Waals surface area contributed by atoms with E-state index in [1.54, 1.807) is 42.7 Å². The first-order valence-corrected chi connectivity index (χ1v) is 22.4. The lowest BCUT2D eigenvalue weighted by molar-refractivity contribution is -0.135. The number of hydrogen-bond acceptors (Lipinski definition) is 8. The van der Waals surface area contributed by atoms with Crippen molar-refractivity contribution in [3.63, 3.8) is 0 Å². The van der Waals surface area contributed by atoms with Crippen LogP contribution in [-0.2, 0) is 52.8 Å². The normalized spacial score (nSPS) is 13.8. The van der Waals surface area contributed by atoms with Gasteiger partial charge in [-0.15, -0.1) is 0 Å². The number of hydrogen-bond donors (Lipinski definition) is 11. The van der Waals surface area contributed by atoms with Crippen molar-refractivity contribution in [1.29, 1.82) is 0 Å². The number of benzene rings is 3. The number of nitrogens with two attached hydrogens (primary N) is 3. The Morgan fingerprint density at radius 2 is 1.01 bits per heavy atom. The van der Waals surface area contributed by atoms with Crippen molar-refractivity contribution < 1.29 is 33.6 Å². The molecule has 0 fully saturated rings. The summed E-state index contributed by atoms with van der Waals surface area (Å²) in [5.41, 5.74) is 20.6. The quantitative estimate of drug-likeness (QED) is 0.0229. The lowest BCUT2D eigenvalue weighted by atomic mass is 10.0. The zero-order valence-corrected chi connectivity index (χ0v) is 38.0. The van der Waals surface area contributed by atoms with E-state index in [0.717, 1.165) is 33.8 Å². The fourth-order valence-electron chi connectivity index (χ4n) is 7.72. The number of unbranched alkanes of at least 4 members (excludes halogenated alkanes) is 1. The summed E-state index contributed by atoms with van der Waals surface area (Å²) in [5.74, 6) is -4.76. The monoisotopic (exact) mass is 918 g/mol. The standard InChI is InChI=1S/C48H62N12O7/c1-4-5-18-37(56-29(3)61)44(64)55-28(2)43(63)59-41(25-32-27-54-36-20-12-10-17-34(32)36)47(67)60-40(23-30-14-7-6-8-15-30)46(66)57-38(21-13-22-52-48(50)51)45(65)58-39(42(49)62)24-31-26-53-35-19-11-9-16-33(31)35/h6-12,14-17,19-20,26-28,37-41,53-54H,4-5,13,18,21-25H2,1-3H3,(H2,49,62)(H,55,64)(H,56,61)(H,57,66)(H,58,65)(H,59,63)(H,60,67)(H4,50,51,52)/t28-,37-,38-,39-,40+,41+/m0/s1. The van der Waals surface area contributed by atoms with Crippen LogP contribution in [0.5, 0.6) is 0 Å². The van der Waals surface area contributed by atoms with Crippen LogP contribution >= 0.6 is 0 Å². The SMILES string of the molecule is CCCC[C@H](NC(C)=O)C(=O)N[C@@H](C)C(=O)N[C@H](Cc1c[nH]c2ccccc12)C(=O)N[C@H](Cc1ccccc1)C(=O)N[C@@H](CCCN=C(N)N)C(=O)N[C@@H](Cc1c[nH]c2ccccc12)C(N)=O. The first-order chi connectivity index (χ1) is 32.1. The second kappa shape index (κ2) is 24.6. The van der Waals surface area contributed by atoms with Gasteiger partial charge in [-0.05, 0) is 55.0 Å². The number of guanidine groups is 1. The number of fused-ring (bicyclic) bond motifs is 2. The largest absolute Gasteiger partial charge is 0.370 e. The average Bonchev–Trinajstić information content (AvgIpc) is 3.91. The number of carbonyl (C=O) groups excluding carboxylic acids is 7. The molecule has 0 spiro atoms. The van der Waals surface area contributed by atoms with Crippen molar-refractivity contribution in [3.8, 4) is 0 Å². The van der Waals surface area contributed by atoms with Gasteiger partial charge in [-0.3, -0.25) is 38.6 Å². The van der Waals surface area contributed by atoms with Gasteiger partial charge in [-0.1, -0.05) is 86.5 Å². The highest BCUT2D eigenvalue weighted by Gasteiger charge is 2.33. The predicted molar refractivity (Wildman–Crippen MR) is 256 cm³/mol. The lowest BCUT2D eigenvalue weighted by Crippen LogP contribution is -2.60. The molecule has 7 amide bonds. The third-order valence-corrected chi connectivity index (χ3v) is 11.3. The fraction of sp³-hybridized carbons (Fsp3) is 0.375. The van der Waals surface area contributed by atoms with E-state index in [4.69, 9.17) is 17.2 Å². The summed E-state index contributed by atoms with van der Waals surface area (Å²) in [6.45, 7) is 4.85. The van der Waals surface area contributed by atoms with Crippen LogP contribution in [0, 0.1) is 0 Å². The molecule has 0 aliphatic carbocycles. The van der Waals surface area contributed by atoms with E-state index in [-0.39, 0.29) is 44.6 Å². The highest BCUT2D eigenvalue weighted by atomic mass is 16.2. The summed E-state index contributed by atoms with van der Waals surface area (Å²) in [7, 11) is 0. The van der Waals surface area contributed by atoms with Crippen LogP contribution in [0.2, 0.25) is 0 Å². The summed E-state index contributed by atoms with van der Waals surface area (Å²) < 4.78 is 0. The van der Waals surface area contributed by atoms with Crippen LogP contribution in [0.15, 0.2) is 96.2 Å². The molecular weight excluding hydrogens is 857 g/mol. The Morgan fingerprint density at radius 3 is 1.58 bits per heavy atom. The van der Waals surface area contributed by atoms with Crippen LogP contribution in [0.1, 0.15) is 69.6 Å². The molecule has 0 aliphatic heterocycles. The molecule has 2 heterocycles. The molecule has 2 aromatic heterocycles.